The quantitative estimate of drug-likeness (QED) is 0.810. The van der Waals surface area contributed by atoms with E-state index in [2.05, 4.69) is 22.5 Å². The Balaban J connectivity index is 0.00000208. The second-order valence-electron chi connectivity index (χ2n) is 7.92. The van der Waals surface area contributed by atoms with Crippen molar-refractivity contribution >= 4 is 24.2 Å². The van der Waals surface area contributed by atoms with Gasteiger partial charge in [0, 0.05) is 25.0 Å². The number of nitrogens with zero attached hydrogens (tertiary/aromatic N) is 1. The molecule has 0 aromatic heterocycles. The Bertz CT molecular complexity index is 446. The van der Waals surface area contributed by atoms with Crippen LogP contribution in [0.15, 0.2) is 0 Å². The van der Waals surface area contributed by atoms with E-state index in [0.29, 0.717) is 18.4 Å². The fraction of sp³-hybridized carbons (Fsp3) is 0.889. The summed E-state index contributed by atoms with van der Waals surface area (Å²) in [7, 11) is 0. The molecule has 2 saturated heterocycles. The van der Waals surface area contributed by atoms with Gasteiger partial charge in [0.05, 0.1) is 6.04 Å². The Morgan fingerprint density at radius 2 is 1.92 bits per heavy atom. The smallest absolute Gasteiger partial charge is 0.237 e. The van der Waals surface area contributed by atoms with Gasteiger partial charge in [-0.05, 0) is 51.0 Å². The van der Waals surface area contributed by atoms with Gasteiger partial charge in [0.25, 0.3) is 0 Å². The predicted molar refractivity (Wildman–Crippen MR) is 97.2 cm³/mol. The number of carbonyl (C=O) groups excluding carboxylic acids is 2. The molecule has 2 N–H and O–H groups in total. The summed E-state index contributed by atoms with van der Waals surface area (Å²) in [5.74, 6) is 0.889. The van der Waals surface area contributed by atoms with E-state index in [9.17, 15) is 9.59 Å². The van der Waals surface area contributed by atoms with Crippen molar-refractivity contribution in [2.45, 2.75) is 64.3 Å². The fourth-order valence-electron chi connectivity index (χ4n) is 4.44. The van der Waals surface area contributed by atoms with Gasteiger partial charge in [-0.3, -0.25) is 9.59 Å². The summed E-state index contributed by atoms with van der Waals surface area (Å²) in [5.41, 5.74) is -0.126. The zero-order valence-electron chi connectivity index (χ0n) is 14.8. The largest absolute Gasteiger partial charge is 0.354 e. The molecule has 2 aliphatic heterocycles. The third-order valence-corrected chi connectivity index (χ3v) is 5.97. The van der Waals surface area contributed by atoms with Crippen LogP contribution >= 0.6 is 12.4 Å². The minimum Gasteiger partial charge on any atom is -0.354 e. The first-order valence-corrected chi connectivity index (χ1v) is 9.39. The Morgan fingerprint density at radius 1 is 1.17 bits per heavy atom. The van der Waals surface area contributed by atoms with Crippen LogP contribution in [0.3, 0.4) is 0 Å². The van der Waals surface area contributed by atoms with E-state index in [1.165, 1.54) is 12.8 Å². The molecule has 2 heterocycles. The van der Waals surface area contributed by atoms with Gasteiger partial charge in [-0.25, -0.2) is 0 Å². The second-order valence-corrected chi connectivity index (χ2v) is 7.92. The van der Waals surface area contributed by atoms with Gasteiger partial charge < -0.3 is 15.5 Å². The maximum absolute atomic E-state index is 12.8. The molecule has 3 aliphatic rings. The molecule has 5 nitrogen and oxygen atoms in total. The summed E-state index contributed by atoms with van der Waals surface area (Å²) < 4.78 is 0. The lowest BCUT2D eigenvalue weighted by Crippen LogP contribution is -2.49. The monoisotopic (exact) mass is 357 g/mol. The third kappa shape index (κ3) is 4.42. The number of likely N-dealkylation sites (tertiary alicyclic amines) is 1. The van der Waals surface area contributed by atoms with Crippen molar-refractivity contribution < 1.29 is 9.59 Å². The van der Waals surface area contributed by atoms with Crippen molar-refractivity contribution in [3.8, 4) is 0 Å². The molecule has 3 rings (SSSR count). The third-order valence-electron chi connectivity index (χ3n) is 5.97. The number of rotatable bonds is 4. The molecule has 1 saturated carbocycles. The van der Waals surface area contributed by atoms with E-state index in [-0.39, 0.29) is 29.8 Å². The standard InChI is InChI=1S/C18H31N3O2.ClH/c1-18(8-2-3-9-18)17(23)21-11-5-6-14(13-21)12-20-16(22)15-7-4-10-19-15;/h14-15,19H,2-13H2,1H3,(H,20,22);1H. The number of amides is 2. The van der Waals surface area contributed by atoms with Gasteiger partial charge in [-0.15, -0.1) is 12.4 Å². The van der Waals surface area contributed by atoms with Crippen molar-refractivity contribution in [1.29, 1.82) is 0 Å². The zero-order valence-corrected chi connectivity index (χ0v) is 15.6. The summed E-state index contributed by atoms with van der Waals surface area (Å²) >= 11 is 0. The van der Waals surface area contributed by atoms with Crippen LogP contribution in [0.5, 0.6) is 0 Å². The minimum atomic E-state index is -0.126. The van der Waals surface area contributed by atoms with Gasteiger partial charge in [0.2, 0.25) is 11.8 Å². The van der Waals surface area contributed by atoms with Crippen molar-refractivity contribution in [1.82, 2.24) is 15.5 Å². The highest BCUT2D eigenvalue weighted by Gasteiger charge is 2.40. The molecule has 2 atom stereocenters. The SMILES string of the molecule is CC1(C(=O)N2CCCC(CNC(=O)C3CCCN3)C2)CCCC1.Cl. The molecular formula is C18H32ClN3O2. The molecule has 2 unspecified atom stereocenters. The maximum atomic E-state index is 12.8. The van der Waals surface area contributed by atoms with Crippen LogP contribution in [0.25, 0.3) is 0 Å². The van der Waals surface area contributed by atoms with Gasteiger partial charge in [0.15, 0.2) is 0 Å². The van der Waals surface area contributed by atoms with E-state index in [0.717, 1.165) is 58.2 Å². The van der Waals surface area contributed by atoms with Crippen molar-refractivity contribution in [2.24, 2.45) is 11.3 Å². The number of halogens is 1. The van der Waals surface area contributed by atoms with Crippen molar-refractivity contribution in [3.63, 3.8) is 0 Å². The molecule has 2 amide bonds. The summed E-state index contributed by atoms with van der Waals surface area (Å²) in [6.07, 6.45) is 8.65. The van der Waals surface area contributed by atoms with Crippen LogP contribution in [0, 0.1) is 11.3 Å². The van der Waals surface area contributed by atoms with Gasteiger partial charge in [0.1, 0.15) is 0 Å². The van der Waals surface area contributed by atoms with E-state index >= 15 is 0 Å². The van der Waals surface area contributed by atoms with Gasteiger partial charge >= 0.3 is 0 Å². The highest BCUT2D eigenvalue weighted by atomic mass is 35.5. The van der Waals surface area contributed by atoms with E-state index in [1.54, 1.807) is 0 Å². The summed E-state index contributed by atoms with van der Waals surface area (Å²) in [6, 6.07) is -0.00581. The lowest BCUT2D eigenvalue weighted by atomic mass is 9.85. The van der Waals surface area contributed by atoms with Crippen LogP contribution in [-0.2, 0) is 9.59 Å². The Hall–Kier alpha value is -0.810. The Morgan fingerprint density at radius 3 is 2.58 bits per heavy atom. The van der Waals surface area contributed by atoms with Gasteiger partial charge in [-0.2, -0.15) is 0 Å². The van der Waals surface area contributed by atoms with Crippen molar-refractivity contribution in [2.75, 3.05) is 26.2 Å². The molecule has 24 heavy (non-hydrogen) atoms. The fourth-order valence-corrected chi connectivity index (χ4v) is 4.44. The van der Waals surface area contributed by atoms with Crippen LogP contribution in [0.2, 0.25) is 0 Å². The van der Waals surface area contributed by atoms with E-state index in [1.807, 2.05) is 0 Å². The lowest BCUT2D eigenvalue weighted by molar-refractivity contribution is -0.142. The molecule has 3 fully saturated rings. The molecule has 0 radical (unpaired) electrons. The molecule has 6 heteroatoms. The first kappa shape index (κ1) is 19.5. The topological polar surface area (TPSA) is 61.4 Å². The first-order chi connectivity index (χ1) is 11.1. The second kappa shape index (κ2) is 8.52. The molecule has 0 bridgehead atoms. The first-order valence-electron chi connectivity index (χ1n) is 9.39. The predicted octanol–water partition coefficient (Wildman–Crippen LogP) is 2.10. The Kier molecular flexibility index (Phi) is 6.93. The van der Waals surface area contributed by atoms with Crippen LogP contribution in [0.4, 0.5) is 0 Å². The molecule has 0 aromatic rings. The molecule has 0 spiro atoms. The minimum absolute atomic E-state index is 0. The summed E-state index contributed by atoms with van der Waals surface area (Å²) in [6.45, 7) is 5.50. The van der Waals surface area contributed by atoms with Crippen LogP contribution in [0.1, 0.15) is 58.3 Å². The van der Waals surface area contributed by atoms with Crippen molar-refractivity contribution in [3.05, 3.63) is 0 Å². The van der Waals surface area contributed by atoms with Crippen LogP contribution < -0.4 is 10.6 Å². The molecule has 1 aliphatic carbocycles. The maximum Gasteiger partial charge on any atom is 0.237 e. The normalized spacial score (nSPS) is 29.1. The number of hydrogen-bond acceptors (Lipinski definition) is 3. The number of piperidine rings is 1. The molecule has 138 valence electrons. The summed E-state index contributed by atoms with van der Waals surface area (Å²) in [4.78, 5) is 27.0. The summed E-state index contributed by atoms with van der Waals surface area (Å²) in [5, 5.41) is 6.33. The average molecular weight is 358 g/mol. The highest BCUT2D eigenvalue weighted by molar-refractivity contribution is 5.85. The average Bonchev–Trinajstić information content (AvgIpc) is 3.24. The van der Waals surface area contributed by atoms with E-state index in [4.69, 9.17) is 0 Å². The van der Waals surface area contributed by atoms with E-state index < -0.39 is 0 Å². The Labute approximate surface area is 151 Å². The highest BCUT2D eigenvalue weighted by Crippen LogP contribution is 2.39. The zero-order chi connectivity index (χ0) is 16.3. The van der Waals surface area contributed by atoms with Crippen LogP contribution in [-0.4, -0.2) is 48.9 Å². The van der Waals surface area contributed by atoms with Gasteiger partial charge in [-0.1, -0.05) is 19.8 Å². The number of nitrogens with one attached hydrogen (secondary N) is 2. The number of carbonyl (C=O) groups is 2. The molecule has 0 aromatic carbocycles. The number of hydrogen-bond donors (Lipinski definition) is 2. The molecular weight excluding hydrogens is 326 g/mol. The lowest BCUT2D eigenvalue weighted by Gasteiger charge is -2.37.